The van der Waals surface area contributed by atoms with Gasteiger partial charge >= 0.3 is 70.5 Å². The zero-order valence-electron chi connectivity index (χ0n) is 6.77. The van der Waals surface area contributed by atoms with Gasteiger partial charge in [0.15, 0.2) is 0 Å². The Morgan fingerprint density at radius 2 is 2.00 bits per heavy atom. The Morgan fingerprint density at radius 1 is 1.40 bits per heavy atom. The topological polar surface area (TPSA) is 12.5 Å². The summed E-state index contributed by atoms with van der Waals surface area (Å²) in [5, 5.41) is 0. The van der Waals surface area contributed by atoms with Crippen molar-refractivity contribution in [2.75, 3.05) is 35.7 Å². The van der Waals surface area contributed by atoms with E-state index < -0.39 is 20.1 Å². The molecule has 0 aromatic rings. The SMILES string of the molecule is CCI(C)N1CCOCC1. The first-order valence-corrected chi connectivity index (χ1v) is 8.38. The summed E-state index contributed by atoms with van der Waals surface area (Å²) in [6.45, 7) is 6.61. The number of nitrogens with zero attached hydrogens (tertiary/aromatic N) is 1. The molecule has 0 amide bonds. The average Bonchev–Trinajstić information content (AvgIpc) is 2.05. The molecule has 62 valence electrons. The molecule has 0 unspecified atom stereocenters. The fourth-order valence-corrected chi connectivity index (χ4v) is 4.00. The van der Waals surface area contributed by atoms with E-state index in [9.17, 15) is 0 Å². The van der Waals surface area contributed by atoms with Crippen molar-refractivity contribution in [3.8, 4) is 0 Å². The van der Waals surface area contributed by atoms with Crippen LogP contribution in [-0.2, 0) is 4.74 Å². The van der Waals surface area contributed by atoms with Crippen LogP contribution in [0.3, 0.4) is 0 Å². The molecule has 1 aliphatic heterocycles. The minimum atomic E-state index is -0.669. The Labute approximate surface area is 70.7 Å². The van der Waals surface area contributed by atoms with Gasteiger partial charge in [-0.05, 0) is 0 Å². The van der Waals surface area contributed by atoms with Crippen molar-refractivity contribution >= 4 is 20.1 Å². The van der Waals surface area contributed by atoms with E-state index in [0.717, 1.165) is 13.2 Å². The average molecular weight is 257 g/mol. The molecule has 1 aliphatic rings. The monoisotopic (exact) mass is 257 g/mol. The van der Waals surface area contributed by atoms with Crippen molar-refractivity contribution in [3.05, 3.63) is 0 Å². The molecule has 1 rings (SSSR count). The van der Waals surface area contributed by atoms with Crippen molar-refractivity contribution in [1.29, 1.82) is 0 Å². The van der Waals surface area contributed by atoms with Crippen LogP contribution >= 0.6 is 20.1 Å². The van der Waals surface area contributed by atoms with Gasteiger partial charge in [-0.15, -0.1) is 0 Å². The van der Waals surface area contributed by atoms with E-state index in [1.54, 1.807) is 0 Å². The van der Waals surface area contributed by atoms with Crippen LogP contribution in [0.2, 0.25) is 0 Å². The van der Waals surface area contributed by atoms with Crippen LogP contribution < -0.4 is 0 Å². The Bertz CT molecular complexity index is 93.6. The van der Waals surface area contributed by atoms with Crippen molar-refractivity contribution < 1.29 is 4.74 Å². The van der Waals surface area contributed by atoms with E-state index in [4.69, 9.17) is 4.74 Å². The maximum atomic E-state index is 5.28. The van der Waals surface area contributed by atoms with Crippen LogP contribution in [0.5, 0.6) is 0 Å². The molecule has 1 saturated heterocycles. The van der Waals surface area contributed by atoms with Gasteiger partial charge in [-0.2, -0.15) is 0 Å². The molecule has 10 heavy (non-hydrogen) atoms. The van der Waals surface area contributed by atoms with Crippen LogP contribution in [0.1, 0.15) is 6.92 Å². The molecule has 1 heterocycles. The molecule has 0 aliphatic carbocycles. The molecule has 0 atom stereocenters. The summed E-state index contributed by atoms with van der Waals surface area (Å²) in [7, 11) is 0. The summed E-state index contributed by atoms with van der Waals surface area (Å²) in [6.07, 6.45) is 0. The van der Waals surface area contributed by atoms with Crippen LogP contribution in [0, 0.1) is 0 Å². The summed E-state index contributed by atoms with van der Waals surface area (Å²) in [6, 6.07) is 0. The number of hydrogen-bond acceptors (Lipinski definition) is 2. The van der Waals surface area contributed by atoms with Crippen molar-refractivity contribution in [2.45, 2.75) is 6.92 Å². The number of alkyl halides is 2. The first kappa shape index (κ1) is 8.74. The molecule has 0 aromatic heterocycles. The van der Waals surface area contributed by atoms with Gasteiger partial charge in [0.2, 0.25) is 0 Å². The van der Waals surface area contributed by atoms with Gasteiger partial charge in [-0.1, -0.05) is 0 Å². The van der Waals surface area contributed by atoms with E-state index in [1.165, 1.54) is 17.5 Å². The normalized spacial score (nSPS) is 22.8. The summed E-state index contributed by atoms with van der Waals surface area (Å²) >= 11 is -0.669. The van der Waals surface area contributed by atoms with Crippen molar-refractivity contribution in [3.63, 3.8) is 0 Å². The van der Waals surface area contributed by atoms with Gasteiger partial charge in [-0.3, -0.25) is 0 Å². The van der Waals surface area contributed by atoms with Crippen molar-refractivity contribution in [2.24, 2.45) is 0 Å². The molecule has 2 nitrogen and oxygen atoms in total. The second kappa shape index (κ2) is 4.51. The van der Waals surface area contributed by atoms with Gasteiger partial charge in [0.1, 0.15) is 0 Å². The molecule has 0 aromatic carbocycles. The molecule has 1 fully saturated rings. The van der Waals surface area contributed by atoms with E-state index in [0.29, 0.717) is 0 Å². The second-order valence-corrected chi connectivity index (χ2v) is 8.41. The third-order valence-electron chi connectivity index (χ3n) is 1.75. The van der Waals surface area contributed by atoms with E-state index in [-0.39, 0.29) is 0 Å². The first-order valence-electron chi connectivity index (χ1n) is 3.73. The summed E-state index contributed by atoms with van der Waals surface area (Å²) < 4.78 is 9.33. The quantitative estimate of drug-likeness (QED) is 0.421. The summed E-state index contributed by atoms with van der Waals surface area (Å²) in [4.78, 5) is 2.44. The fraction of sp³-hybridized carbons (Fsp3) is 1.00. The molecule has 0 saturated carbocycles. The predicted molar refractivity (Wildman–Crippen MR) is 52.9 cm³/mol. The molecule has 0 spiro atoms. The third-order valence-corrected chi connectivity index (χ3v) is 7.25. The Balaban J connectivity index is 2.24. The Kier molecular flexibility index (Phi) is 3.95. The van der Waals surface area contributed by atoms with Crippen LogP contribution in [-0.4, -0.2) is 38.8 Å². The molecule has 3 heteroatoms. The molecular formula is C7H16INO. The fourth-order valence-electron chi connectivity index (χ4n) is 0.999. The number of rotatable bonds is 2. The minimum absolute atomic E-state index is 0.669. The predicted octanol–water partition coefficient (Wildman–Crippen LogP) is 1.39. The zero-order chi connectivity index (χ0) is 7.40. The second-order valence-electron chi connectivity index (χ2n) is 2.35. The Hall–Kier alpha value is 0.650. The molecule has 0 radical (unpaired) electrons. The van der Waals surface area contributed by atoms with E-state index in [1.807, 2.05) is 0 Å². The number of ether oxygens (including phenoxy) is 1. The van der Waals surface area contributed by atoms with Gasteiger partial charge in [-0.25, -0.2) is 0 Å². The Morgan fingerprint density at radius 3 is 2.50 bits per heavy atom. The van der Waals surface area contributed by atoms with Crippen LogP contribution in [0.15, 0.2) is 0 Å². The van der Waals surface area contributed by atoms with E-state index in [2.05, 4.69) is 15.0 Å². The van der Waals surface area contributed by atoms with Crippen LogP contribution in [0.4, 0.5) is 0 Å². The van der Waals surface area contributed by atoms with Crippen molar-refractivity contribution in [1.82, 2.24) is 3.11 Å². The van der Waals surface area contributed by atoms with Gasteiger partial charge in [0.25, 0.3) is 0 Å². The number of morpholine rings is 1. The number of halogens is 1. The van der Waals surface area contributed by atoms with E-state index >= 15 is 0 Å². The molecule has 0 N–H and O–H groups in total. The summed E-state index contributed by atoms with van der Waals surface area (Å²) in [5.41, 5.74) is 0. The zero-order valence-corrected chi connectivity index (χ0v) is 8.93. The first-order chi connectivity index (χ1) is 4.84. The number of hydrogen-bond donors (Lipinski definition) is 0. The summed E-state index contributed by atoms with van der Waals surface area (Å²) in [5.74, 6) is 0. The third kappa shape index (κ3) is 2.36. The standard InChI is InChI=1S/C7H16INO/c1-3-8(2)9-4-6-10-7-5-9/h3-7H2,1-2H3. The van der Waals surface area contributed by atoms with Gasteiger partial charge in [0, 0.05) is 0 Å². The van der Waals surface area contributed by atoms with Gasteiger partial charge in [0.05, 0.1) is 0 Å². The maximum absolute atomic E-state index is 5.28. The molecular weight excluding hydrogens is 241 g/mol. The van der Waals surface area contributed by atoms with Gasteiger partial charge < -0.3 is 0 Å². The molecule has 0 bridgehead atoms. The van der Waals surface area contributed by atoms with Crippen LogP contribution in [0.25, 0.3) is 0 Å².